The zero-order valence-corrected chi connectivity index (χ0v) is 22.9. The van der Waals surface area contributed by atoms with Gasteiger partial charge in [0.25, 0.3) is 11.8 Å². The van der Waals surface area contributed by atoms with E-state index >= 15 is 0 Å². The summed E-state index contributed by atoms with van der Waals surface area (Å²) in [4.78, 5) is 38.2. The second kappa shape index (κ2) is 12.7. The van der Waals surface area contributed by atoms with E-state index in [0.717, 1.165) is 94.5 Å². The molecule has 2 aromatic carbocycles. The summed E-state index contributed by atoms with van der Waals surface area (Å²) >= 11 is 0. The molecular formula is C31H40FN5O2. The minimum atomic E-state index is -0.320. The summed E-state index contributed by atoms with van der Waals surface area (Å²) in [5.41, 5.74) is 2.89. The maximum atomic E-state index is 13.2. The molecule has 2 fully saturated rings. The first-order chi connectivity index (χ1) is 19.0. The van der Waals surface area contributed by atoms with Gasteiger partial charge in [0.15, 0.2) is 0 Å². The number of halogens is 1. The van der Waals surface area contributed by atoms with E-state index < -0.39 is 0 Å². The van der Waals surface area contributed by atoms with E-state index in [2.05, 4.69) is 22.1 Å². The maximum Gasteiger partial charge on any atom is 0.253 e. The summed E-state index contributed by atoms with van der Waals surface area (Å²) in [6.45, 7) is 7.53. The van der Waals surface area contributed by atoms with Crippen molar-refractivity contribution in [1.82, 2.24) is 25.1 Å². The number of likely N-dealkylation sites (tertiary alicyclic amines) is 2. The van der Waals surface area contributed by atoms with Crippen LogP contribution in [-0.4, -0.2) is 70.9 Å². The third kappa shape index (κ3) is 6.85. The van der Waals surface area contributed by atoms with Crippen LogP contribution in [0.15, 0.2) is 42.5 Å². The van der Waals surface area contributed by atoms with Crippen LogP contribution in [-0.2, 0) is 6.42 Å². The maximum absolute atomic E-state index is 13.2. The normalized spacial score (nSPS) is 17.5. The van der Waals surface area contributed by atoms with E-state index in [9.17, 15) is 14.0 Å². The van der Waals surface area contributed by atoms with Gasteiger partial charge in [0.1, 0.15) is 17.2 Å². The Balaban J connectivity index is 1.03. The standard InChI is InChI=1S/C31H40FN5O2/c1-2-3-7-28-34-27-6-4-5-26(29(27)35-28)30(38)33-20-22-12-16-36(17-13-22)21-23-14-18-37(19-15-23)31(39)24-8-10-25(32)11-9-24/h4-6,8-11,22-23H,2-3,7,12-21H2,1H3,(H,33,38)(H,34,35). The number of benzene rings is 2. The topological polar surface area (TPSA) is 81.3 Å². The average molecular weight is 534 g/mol. The molecule has 2 N–H and O–H groups in total. The van der Waals surface area contributed by atoms with Crippen LogP contribution >= 0.6 is 0 Å². The number of imidazole rings is 1. The molecule has 0 spiro atoms. The van der Waals surface area contributed by atoms with Gasteiger partial charge in [-0.2, -0.15) is 0 Å². The molecule has 3 aromatic rings. The first kappa shape index (κ1) is 27.3. The van der Waals surface area contributed by atoms with Crippen molar-refractivity contribution < 1.29 is 14.0 Å². The monoisotopic (exact) mass is 533 g/mol. The molecule has 2 amide bonds. The van der Waals surface area contributed by atoms with Gasteiger partial charge in [-0.1, -0.05) is 19.4 Å². The first-order valence-corrected chi connectivity index (χ1v) is 14.5. The van der Waals surface area contributed by atoms with E-state index in [1.807, 2.05) is 23.1 Å². The van der Waals surface area contributed by atoms with Crippen LogP contribution < -0.4 is 5.32 Å². The van der Waals surface area contributed by atoms with E-state index in [0.29, 0.717) is 29.5 Å². The number of hydrogen-bond acceptors (Lipinski definition) is 4. The van der Waals surface area contributed by atoms with Gasteiger partial charge in [0.2, 0.25) is 0 Å². The van der Waals surface area contributed by atoms with Crippen LogP contribution in [0.3, 0.4) is 0 Å². The van der Waals surface area contributed by atoms with Crippen LogP contribution in [0.1, 0.15) is 72.0 Å². The number of nitrogens with zero attached hydrogens (tertiary/aromatic N) is 3. The molecule has 0 aliphatic carbocycles. The molecule has 0 unspecified atom stereocenters. The predicted molar refractivity (Wildman–Crippen MR) is 151 cm³/mol. The van der Waals surface area contributed by atoms with Gasteiger partial charge in [0, 0.05) is 38.2 Å². The van der Waals surface area contributed by atoms with Gasteiger partial charge in [-0.15, -0.1) is 0 Å². The number of aromatic nitrogens is 2. The molecule has 2 aliphatic rings. The highest BCUT2D eigenvalue weighted by Crippen LogP contribution is 2.24. The number of piperidine rings is 2. The zero-order valence-electron chi connectivity index (χ0n) is 22.9. The molecular weight excluding hydrogens is 493 g/mol. The first-order valence-electron chi connectivity index (χ1n) is 14.5. The Morgan fingerprint density at radius 1 is 1.00 bits per heavy atom. The average Bonchev–Trinajstić information content (AvgIpc) is 3.39. The number of amides is 2. The van der Waals surface area contributed by atoms with Crippen molar-refractivity contribution >= 4 is 22.8 Å². The third-order valence-corrected chi connectivity index (χ3v) is 8.34. The van der Waals surface area contributed by atoms with Gasteiger partial charge in [-0.3, -0.25) is 9.59 Å². The number of fused-ring (bicyclic) bond motifs is 1. The summed E-state index contributed by atoms with van der Waals surface area (Å²) in [5.74, 6) is 1.66. The van der Waals surface area contributed by atoms with Crippen molar-refractivity contribution in [2.24, 2.45) is 11.8 Å². The lowest BCUT2D eigenvalue weighted by molar-refractivity contribution is 0.0652. The van der Waals surface area contributed by atoms with E-state index in [1.165, 1.54) is 12.1 Å². The number of carbonyl (C=O) groups is 2. The van der Waals surface area contributed by atoms with Crippen molar-refractivity contribution in [3.63, 3.8) is 0 Å². The number of unbranched alkanes of at least 4 members (excludes halogenated alkanes) is 1. The fourth-order valence-electron chi connectivity index (χ4n) is 5.89. The number of aromatic amines is 1. The van der Waals surface area contributed by atoms with Gasteiger partial charge in [0.05, 0.1) is 11.1 Å². The zero-order chi connectivity index (χ0) is 27.2. The number of aryl methyl sites for hydroxylation is 1. The predicted octanol–water partition coefficient (Wildman–Crippen LogP) is 5.04. The Morgan fingerprint density at radius 2 is 1.72 bits per heavy atom. The fraction of sp³-hybridized carbons (Fsp3) is 0.516. The molecule has 208 valence electrons. The van der Waals surface area contributed by atoms with Crippen molar-refractivity contribution in [3.8, 4) is 0 Å². The Hall–Kier alpha value is -3.26. The number of para-hydroxylation sites is 1. The SMILES string of the molecule is CCCCc1nc2c(C(=O)NCC3CCN(CC4CCN(C(=O)c5ccc(F)cc5)CC4)CC3)cccc2[nH]1. The molecule has 0 atom stereocenters. The molecule has 0 saturated carbocycles. The highest BCUT2D eigenvalue weighted by Gasteiger charge is 2.27. The van der Waals surface area contributed by atoms with Crippen molar-refractivity contribution in [2.75, 3.05) is 39.3 Å². The Bertz CT molecular complexity index is 1260. The number of hydrogen-bond donors (Lipinski definition) is 2. The molecule has 1 aromatic heterocycles. The minimum absolute atomic E-state index is 0.00299. The molecule has 0 bridgehead atoms. The Kier molecular flexibility index (Phi) is 8.91. The van der Waals surface area contributed by atoms with Crippen molar-refractivity contribution in [1.29, 1.82) is 0 Å². The smallest absolute Gasteiger partial charge is 0.253 e. The molecule has 7 nitrogen and oxygen atoms in total. The number of H-pyrrole nitrogens is 1. The number of rotatable bonds is 9. The van der Waals surface area contributed by atoms with Gasteiger partial charge in [-0.25, -0.2) is 9.37 Å². The third-order valence-electron chi connectivity index (χ3n) is 8.34. The molecule has 39 heavy (non-hydrogen) atoms. The molecule has 0 radical (unpaired) electrons. The molecule has 2 saturated heterocycles. The Morgan fingerprint density at radius 3 is 2.44 bits per heavy atom. The highest BCUT2D eigenvalue weighted by molar-refractivity contribution is 6.04. The summed E-state index contributed by atoms with van der Waals surface area (Å²) < 4.78 is 13.2. The van der Waals surface area contributed by atoms with Crippen molar-refractivity contribution in [3.05, 3.63) is 65.2 Å². The van der Waals surface area contributed by atoms with Crippen molar-refractivity contribution in [2.45, 2.75) is 51.9 Å². The Labute approximate surface area is 230 Å². The second-order valence-electron chi connectivity index (χ2n) is 11.2. The van der Waals surface area contributed by atoms with Crippen LogP contribution in [0.4, 0.5) is 4.39 Å². The molecule has 5 rings (SSSR count). The summed E-state index contributed by atoms with van der Waals surface area (Å²) in [5, 5.41) is 3.17. The molecule has 8 heteroatoms. The summed E-state index contributed by atoms with van der Waals surface area (Å²) in [6, 6.07) is 11.6. The van der Waals surface area contributed by atoms with E-state index in [1.54, 1.807) is 12.1 Å². The van der Waals surface area contributed by atoms with Gasteiger partial charge >= 0.3 is 0 Å². The van der Waals surface area contributed by atoms with Crippen LogP contribution in [0.2, 0.25) is 0 Å². The largest absolute Gasteiger partial charge is 0.352 e. The van der Waals surface area contributed by atoms with E-state index in [-0.39, 0.29) is 17.6 Å². The molecule has 3 heterocycles. The lowest BCUT2D eigenvalue weighted by Crippen LogP contribution is -2.44. The van der Waals surface area contributed by atoms with Crippen LogP contribution in [0.5, 0.6) is 0 Å². The van der Waals surface area contributed by atoms with Crippen LogP contribution in [0, 0.1) is 17.7 Å². The fourth-order valence-corrected chi connectivity index (χ4v) is 5.89. The van der Waals surface area contributed by atoms with E-state index in [4.69, 9.17) is 4.98 Å². The lowest BCUT2D eigenvalue weighted by Gasteiger charge is -2.37. The lowest BCUT2D eigenvalue weighted by atomic mass is 9.92. The minimum Gasteiger partial charge on any atom is -0.352 e. The quantitative estimate of drug-likeness (QED) is 0.404. The number of nitrogens with one attached hydrogen (secondary N) is 2. The van der Waals surface area contributed by atoms with Gasteiger partial charge < -0.3 is 20.1 Å². The summed E-state index contributed by atoms with van der Waals surface area (Å²) in [6.07, 6.45) is 7.26. The highest BCUT2D eigenvalue weighted by atomic mass is 19.1. The number of carbonyl (C=O) groups excluding carboxylic acids is 2. The van der Waals surface area contributed by atoms with Gasteiger partial charge in [-0.05, 0) is 93.4 Å². The summed E-state index contributed by atoms with van der Waals surface area (Å²) in [7, 11) is 0. The molecule has 2 aliphatic heterocycles. The van der Waals surface area contributed by atoms with Crippen LogP contribution in [0.25, 0.3) is 11.0 Å². The second-order valence-corrected chi connectivity index (χ2v) is 11.2.